The number of nitrogens with one attached hydrogen (secondary N) is 1. The summed E-state index contributed by atoms with van der Waals surface area (Å²) in [5, 5.41) is 54.3. The van der Waals surface area contributed by atoms with Gasteiger partial charge in [-0.05, 0) is 12.8 Å². The van der Waals surface area contributed by atoms with Crippen molar-refractivity contribution in [2.75, 3.05) is 13.2 Å². The zero-order valence-corrected chi connectivity index (χ0v) is 37.4. The van der Waals surface area contributed by atoms with Crippen LogP contribution in [0.5, 0.6) is 0 Å². The monoisotopic (exact) mass is 814 g/mol. The average molecular weight is 814 g/mol. The molecule has 0 aromatic rings. The molecule has 0 bridgehead atoms. The Labute approximate surface area is 351 Å². The second kappa shape index (κ2) is 39.3. The quantitative estimate of drug-likeness (QED) is 0.0334. The average Bonchev–Trinajstić information content (AvgIpc) is 3.21. The second-order valence-corrected chi connectivity index (χ2v) is 17.6. The van der Waals surface area contributed by atoms with Gasteiger partial charge in [0, 0.05) is 6.42 Å². The first-order valence-corrected chi connectivity index (χ1v) is 24.7. The van der Waals surface area contributed by atoms with Crippen molar-refractivity contribution in [3.63, 3.8) is 0 Å². The molecule has 1 aliphatic rings. The van der Waals surface area contributed by atoms with Gasteiger partial charge in [0.1, 0.15) is 24.4 Å². The minimum Gasteiger partial charge on any atom is -0.394 e. The lowest BCUT2D eigenvalue weighted by atomic mass is 9.99. The summed E-state index contributed by atoms with van der Waals surface area (Å²) in [7, 11) is 0. The number of hydrogen-bond acceptors (Lipinski definition) is 8. The van der Waals surface area contributed by atoms with Gasteiger partial charge < -0.3 is 40.3 Å². The highest BCUT2D eigenvalue weighted by molar-refractivity contribution is 5.76. The third-order valence-corrected chi connectivity index (χ3v) is 12.2. The molecule has 0 unspecified atom stereocenters. The summed E-state index contributed by atoms with van der Waals surface area (Å²) >= 11 is 0. The normalized spacial score (nSPS) is 20.9. The van der Waals surface area contributed by atoms with Crippen LogP contribution >= 0.6 is 0 Å². The number of unbranched alkanes of at least 4 members (excludes halogenated alkanes) is 32. The van der Waals surface area contributed by atoms with E-state index in [1.165, 1.54) is 180 Å². The lowest BCUT2D eigenvalue weighted by Crippen LogP contribution is -2.60. The van der Waals surface area contributed by atoms with Crippen LogP contribution in [0.25, 0.3) is 0 Å². The third-order valence-electron chi connectivity index (χ3n) is 12.2. The van der Waals surface area contributed by atoms with Crippen molar-refractivity contribution in [2.45, 2.75) is 288 Å². The van der Waals surface area contributed by atoms with Crippen molar-refractivity contribution in [2.24, 2.45) is 0 Å². The number of aliphatic hydroxyl groups excluding tert-OH is 5. The van der Waals surface area contributed by atoms with Gasteiger partial charge in [-0.3, -0.25) is 4.79 Å². The standard InChI is InChI=1S/C48H95NO8/c1-3-5-7-9-11-13-15-16-17-18-19-20-21-22-23-24-25-26-28-30-32-34-36-38-44(52)49-41(40-56-48-47(55)46(54)45(53)43(39-50)57-48)42(51)37-35-33-31-29-27-14-12-10-8-6-4-2/h41-43,45-48,50-51,53-55H,3-40H2,1-2H3,(H,49,52)/t41-,42+,43+,45-,46-,47+,48-/m0/s1. The first-order chi connectivity index (χ1) is 27.8. The first-order valence-electron chi connectivity index (χ1n) is 24.7. The Kier molecular flexibility index (Phi) is 37.4. The SMILES string of the molecule is CCCCCCCCCCCCCCCCCCCCCCCCCC(=O)N[C@@H](CO[C@H]1O[C@H](CO)[C@H](O)[C@H](O)[C@H]1O)[C@H](O)CCCCCCCCCCCCC. The number of aliphatic hydroxyl groups is 5. The summed E-state index contributed by atoms with van der Waals surface area (Å²) in [6, 6.07) is -0.711. The molecule has 7 atom stereocenters. The molecule has 0 aliphatic carbocycles. The summed E-state index contributed by atoms with van der Waals surface area (Å²) < 4.78 is 11.3. The number of hydrogen-bond donors (Lipinski definition) is 6. The molecule has 340 valence electrons. The summed E-state index contributed by atoms with van der Waals surface area (Å²) in [4.78, 5) is 13.0. The molecular weight excluding hydrogens is 719 g/mol. The van der Waals surface area contributed by atoms with Crippen molar-refractivity contribution in [3.8, 4) is 0 Å². The maximum Gasteiger partial charge on any atom is 0.220 e. The minimum absolute atomic E-state index is 0.132. The highest BCUT2D eigenvalue weighted by atomic mass is 16.7. The Morgan fingerprint density at radius 3 is 1.25 bits per heavy atom. The number of carbonyl (C=O) groups is 1. The van der Waals surface area contributed by atoms with E-state index in [4.69, 9.17) is 9.47 Å². The van der Waals surface area contributed by atoms with Crippen LogP contribution in [0.4, 0.5) is 0 Å². The zero-order valence-electron chi connectivity index (χ0n) is 37.4. The highest BCUT2D eigenvalue weighted by Crippen LogP contribution is 2.23. The zero-order chi connectivity index (χ0) is 41.6. The van der Waals surface area contributed by atoms with Crippen LogP contribution < -0.4 is 5.32 Å². The fourth-order valence-corrected chi connectivity index (χ4v) is 8.22. The molecule has 0 radical (unpaired) electrons. The summed E-state index contributed by atoms with van der Waals surface area (Å²) in [5.41, 5.74) is 0. The number of amides is 1. The van der Waals surface area contributed by atoms with Crippen LogP contribution in [-0.2, 0) is 14.3 Å². The first kappa shape index (κ1) is 54.2. The molecule has 1 rings (SSSR count). The summed E-state index contributed by atoms with van der Waals surface area (Å²) in [5.74, 6) is -0.140. The fourth-order valence-electron chi connectivity index (χ4n) is 8.22. The lowest BCUT2D eigenvalue weighted by Gasteiger charge is -2.40. The van der Waals surface area contributed by atoms with Crippen LogP contribution in [0.1, 0.15) is 245 Å². The van der Waals surface area contributed by atoms with E-state index in [1.54, 1.807) is 0 Å². The minimum atomic E-state index is -1.55. The molecule has 0 aromatic carbocycles. The maximum atomic E-state index is 13.0. The molecule has 6 N–H and O–H groups in total. The Hall–Kier alpha value is -0.810. The van der Waals surface area contributed by atoms with Crippen molar-refractivity contribution >= 4 is 5.91 Å². The van der Waals surface area contributed by atoms with Gasteiger partial charge >= 0.3 is 0 Å². The summed E-state index contributed by atoms with van der Waals surface area (Å²) in [6.07, 6.45) is 37.0. The van der Waals surface area contributed by atoms with Crippen molar-refractivity contribution in [3.05, 3.63) is 0 Å². The molecule has 0 saturated carbocycles. The Morgan fingerprint density at radius 2 is 0.877 bits per heavy atom. The summed E-state index contributed by atoms with van der Waals surface area (Å²) in [6.45, 7) is 3.84. The molecule has 9 heteroatoms. The van der Waals surface area contributed by atoms with Gasteiger partial charge in [0.2, 0.25) is 5.91 Å². The van der Waals surface area contributed by atoms with E-state index in [2.05, 4.69) is 19.2 Å². The van der Waals surface area contributed by atoms with Gasteiger partial charge in [0.25, 0.3) is 0 Å². The largest absolute Gasteiger partial charge is 0.394 e. The van der Waals surface area contributed by atoms with Gasteiger partial charge in [-0.2, -0.15) is 0 Å². The maximum absolute atomic E-state index is 13.0. The van der Waals surface area contributed by atoms with Crippen LogP contribution in [-0.4, -0.2) is 87.5 Å². The molecule has 1 heterocycles. The predicted molar refractivity (Wildman–Crippen MR) is 235 cm³/mol. The van der Waals surface area contributed by atoms with Gasteiger partial charge in [-0.25, -0.2) is 0 Å². The molecule has 1 amide bonds. The van der Waals surface area contributed by atoms with Crippen LogP contribution in [0, 0.1) is 0 Å². The Morgan fingerprint density at radius 1 is 0.526 bits per heavy atom. The second-order valence-electron chi connectivity index (χ2n) is 17.6. The Bertz CT molecular complexity index is 862. The van der Waals surface area contributed by atoms with Gasteiger partial charge in [-0.15, -0.1) is 0 Å². The van der Waals surface area contributed by atoms with Crippen molar-refractivity contribution < 1.29 is 39.8 Å². The van der Waals surface area contributed by atoms with Gasteiger partial charge in [-0.1, -0.05) is 226 Å². The van der Waals surface area contributed by atoms with E-state index in [-0.39, 0.29) is 12.5 Å². The number of ether oxygens (including phenoxy) is 2. The van der Waals surface area contributed by atoms with Gasteiger partial charge in [0.05, 0.1) is 25.4 Å². The lowest BCUT2D eigenvalue weighted by molar-refractivity contribution is -0.302. The molecule has 1 saturated heterocycles. The van der Waals surface area contributed by atoms with E-state index in [0.29, 0.717) is 12.8 Å². The topological polar surface area (TPSA) is 149 Å². The van der Waals surface area contributed by atoms with Crippen molar-refractivity contribution in [1.29, 1.82) is 0 Å². The molecule has 1 aliphatic heterocycles. The number of carbonyl (C=O) groups excluding carboxylic acids is 1. The fraction of sp³-hybridized carbons (Fsp3) is 0.979. The van der Waals surface area contributed by atoms with E-state index < -0.39 is 49.5 Å². The van der Waals surface area contributed by atoms with Crippen LogP contribution in [0.15, 0.2) is 0 Å². The highest BCUT2D eigenvalue weighted by Gasteiger charge is 2.44. The molecule has 0 aromatic heterocycles. The van der Waals surface area contributed by atoms with E-state index >= 15 is 0 Å². The van der Waals surface area contributed by atoms with Gasteiger partial charge in [0.15, 0.2) is 6.29 Å². The predicted octanol–water partition coefficient (Wildman–Crippen LogP) is 10.7. The molecular formula is C48H95NO8. The van der Waals surface area contributed by atoms with Crippen molar-refractivity contribution in [1.82, 2.24) is 5.32 Å². The number of rotatable bonds is 42. The molecule has 1 fully saturated rings. The molecule has 57 heavy (non-hydrogen) atoms. The van der Waals surface area contributed by atoms with E-state index in [9.17, 15) is 30.3 Å². The molecule has 9 nitrogen and oxygen atoms in total. The Balaban J connectivity index is 2.20. The smallest absolute Gasteiger partial charge is 0.220 e. The molecule has 0 spiro atoms. The van der Waals surface area contributed by atoms with Crippen LogP contribution in [0.3, 0.4) is 0 Å². The van der Waals surface area contributed by atoms with E-state index in [1.807, 2.05) is 0 Å². The van der Waals surface area contributed by atoms with E-state index in [0.717, 1.165) is 38.5 Å². The van der Waals surface area contributed by atoms with Crippen LogP contribution in [0.2, 0.25) is 0 Å². The third kappa shape index (κ3) is 30.0.